The third kappa shape index (κ3) is 6.92. The molecule has 0 saturated carbocycles. The van der Waals surface area contributed by atoms with Crippen molar-refractivity contribution in [2.75, 3.05) is 33.4 Å². The van der Waals surface area contributed by atoms with Crippen molar-refractivity contribution in [2.24, 2.45) is 4.99 Å². The summed E-state index contributed by atoms with van der Waals surface area (Å²) in [5.74, 6) is 0.793. The number of aliphatic hydroxyl groups excluding tert-OH is 1. The van der Waals surface area contributed by atoms with Gasteiger partial charge in [-0.15, -0.1) is 22.6 Å². The Morgan fingerprint density at radius 2 is 1.82 bits per heavy atom. The van der Waals surface area contributed by atoms with Gasteiger partial charge in [-0.2, -0.15) is 4.52 Å². The third-order valence-corrected chi connectivity index (χ3v) is 6.09. The SMILES string of the molecule is CC/N=c1\n(CC(=O)c2cc(OCCO)c(OC)c(C(C)(C)C)c2)nc2c(C)c(C)c(OC(=O)NCC)nn12.Cl. The molecular weight excluding hydrogens is 540 g/mol. The smallest absolute Gasteiger partial charge is 0.413 e. The summed E-state index contributed by atoms with van der Waals surface area (Å²) in [6.07, 6.45) is -0.614. The number of hydrogen-bond donors (Lipinski definition) is 2. The van der Waals surface area contributed by atoms with Gasteiger partial charge >= 0.3 is 6.09 Å². The second-order valence-electron chi connectivity index (χ2n) is 9.94. The first-order valence-electron chi connectivity index (χ1n) is 12.9. The van der Waals surface area contributed by atoms with Crippen molar-refractivity contribution < 1.29 is 28.9 Å². The Labute approximate surface area is 239 Å². The van der Waals surface area contributed by atoms with E-state index in [1.165, 1.54) is 9.20 Å². The number of carbonyl (C=O) groups is 2. The number of carbonyl (C=O) groups excluding carboxylic acids is 2. The van der Waals surface area contributed by atoms with E-state index < -0.39 is 6.09 Å². The van der Waals surface area contributed by atoms with Crippen LogP contribution in [0.3, 0.4) is 0 Å². The molecule has 0 unspecified atom stereocenters. The molecule has 12 nitrogen and oxygen atoms in total. The van der Waals surface area contributed by atoms with E-state index in [1.54, 1.807) is 33.1 Å². The summed E-state index contributed by atoms with van der Waals surface area (Å²) in [7, 11) is 1.55. The molecule has 3 aromatic rings. The van der Waals surface area contributed by atoms with Crippen molar-refractivity contribution in [1.29, 1.82) is 0 Å². The molecule has 0 bridgehead atoms. The van der Waals surface area contributed by atoms with Gasteiger partial charge in [0.05, 0.1) is 13.7 Å². The number of aryl methyl sites for hydroxylation is 1. The lowest BCUT2D eigenvalue weighted by molar-refractivity contribution is 0.0965. The number of ketones is 1. The zero-order valence-electron chi connectivity index (χ0n) is 24.3. The Morgan fingerprint density at radius 3 is 2.40 bits per heavy atom. The molecule has 220 valence electrons. The van der Waals surface area contributed by atoms with Crippen molar-refractivity contribution in [1.82, 2.24) is 24.7 Å². The molecule has 0 fully saturated rings. The highest BCUT2D eigenvalue weighted by Gasteiger charge is 2.26. The van der Waals surface area contributed by atoms with E-state index in [-0.39, 0.29) is 49.2 Å². The molecule has 0 aliphatic heterocycles. The molecule has 1 amide bonds. The first-order chi connectivity index (χ1) is 18.5. The van der Waals surface area contributed by atoms with Gasteiger partial charge in [-0.1, -0.05) is 20.8 Å². The maximum Gasteiger partial charge on any atom is 0.413 e. The van der Waals surface area contributed by atoms with E-state index in [9.17, 15) is 14.7 Å². The summed E-state index contributed by atoms with van der Waals surface area (Å²) in [4.78, 5) is 30.2. The minimum atomic E-state index is -0.614. The molecule has 2 aromatic heterocycles. The Balaban J connectivity index is 0.00000560. The zero-order valence-corrected chi connectivity index (χ0v) is 25.1. The Kier molecular flexibility index (Phi) is 11.1. The fourth-order valence-corrected chi connectivity index (χ4v) is 4.01. The molecule has 2 heterocycles. The number of hydrogen-bond acceptors (Lipinski definition) is 9. The van der Waals surface area contributed by atoms with E-state index in [4.69, 9.17) is 14.2 Å². The first-order valence-corrected chi connectivity index (χ1v) is 12.9. The maximum atomic E-state index is 13.6. The highest BCUT2D eigenvalue weighted by Crippen LogP contribution is 2.40. The van der Waals surface area contributed by atoms with E-state index in [2.05, 4.69) is 20.5 Å². The largest absolute Gasteiger partial charge is 0.493 e. The van der Waals surface area contributed by atoms with Gasteiger partial charge in [0.2, 0.25) is 11.5 Å². The number of methoxy groups -OCH3 is 1. The van der Waals surface area contributed by atoms with Crippen LogP contribution in [0.25, 0.3) is 5.65 Å². The van der Waals surface area contributed by atoms with Gasteiger partial charge in [0, 0.05) is 35.3 Å². The summed E-state index contributed by atoms with van der Waals surface area (Å²) >= 11 is 0. The molecule has 3 rings (SSSR count). The van der Waals surface area contributed by atoms with Gasteiger partial charge in [-0.05, 0) is 45.2 Å². The van der Waals surface area contributed by atoms with Crippen LogP contribution < -0.4 is 25.1 Å². The van der Waals surface area contributed by atoms with Crippen LogP contribution >= 0.6 is 12.4 Å². The minimum absolute atomic E-state index is 0. The van der Waals surface area contributed by atoms with E-state index in [1.807, 2.05) is 34.6 Å². The second-order valence-corrected chi connectivity index (χ2v) is 9.94. The maximum absolute atomic E-state index is 13.6. The number of aromatic nitrogens is 4. The average molecular weight is 579 g/mol. The molecule has 0 spiro atoms. The van der Waals surface area contributed by atoms with Gasteiger partial charge in [0.15, 0.2) is 22.9 Å². The molecule has 13 heteroatoms. The van der Waals surface area contributed by atoms with Crippen LogP contribution in [0.2, 0.25) is 0 Å². The monoisotopic (exact) mass is 578 g/mol. The fraction of sp³-hybridized carbons (Fsp3) is 0.519. The van der Waals surface area contributed by atoms with E-state index in [0.717, 1.165) is 11.1 Å². The fourth-order valence-electron chi connectivity index (χ4n) is 4.01. The van der Waals surface area contributed by atoms with E-state index >= 15 is 0 Å². The molecule has 0 aliphatic carbocycles. The third-order valence-electron chi connectivity index (χ3n) is 6.09. The van der Waals surface area contributed by atoms with Crippen LogP contribution in [0.15, 0.2) is 17.1 Å². The summed E-state index contributed by atoms with van der Waals surface area (Å²) in [5, 5.41) is 21.0. The van der Waals surface area contributed by atoms with Gasteiger partial charge in [-0.25, -0.2) is 14.5 Å². The number of benzene rings is 1. The van der Waals surface area contributed by atoms with Crippen molar-refractivity contribution in [2.45, 2.75) is 60.4 Å². The van der Waals surface area contributed by atoms with Crippen LogP contribution in [0.5, 0.6) is 17.4 Å². The Bertz CT molecular complexity index is 1440. The lowest BCUT2D eigenvalue weighted by atomic mass is 9.84. The summed E-state index contributed by atoms with van der Waals surface area (Å²) in [6, 6.07) is 3.41. The highest BCUT2D eigenvalue weighted by molar-refractivity contribution is 5.97. The van der Waals surface area contributed by atoms with Crippen molar-refractivity contribution >= 4 is 29.9 Å². The lowest BCUT2D eigenvalue weighted by Crippen LogP contribution is -2.30. The molecule has 0 aliphatic rings. The number of Topliss-reactive ketones (excluding diaryl/α,β-unsaturated/α-hetero) is 1. The standard InChI is InChI=1S/C27H38N6O6.ClH/c1-9-28-25-32(30-23-16(3)17(4)24(31-33(23)25)39-26(36)29-10-2)15-20(35)18-13-19(27(5,6)7)22(37-8)21(14-18)38-12-11-34;/h13-14,34H,9-12,15H2,1-8H3,(H,29,36);1H/b28-25+;. The lowest BCUT2D eigenvalue weighted by Gasteiger charge is -2.25. The molecule has 0 radical (unpaired) electrons. The van der Waals surface area contributed by atoms with Crippen LogP contribution in [0.1, 0.15) is 61.7 Å². The molecule has 40 heavy (non-hydrogen) atoms. The summed E-state index contributed by atoms with van der Waals surface area (Å²) < 4.78 is 19.7. The molecular formula is C27H39ClN6O6. The number of nitrogens with one attached hydrogen (secondary N) is 1. The number of ether oxygens (including phenoxy) is 3. The number of aliphatic hydroxyl groups is 1. The minimum Gasteiger partial charge on any atom is -0.493 e. The number of nitrogens with zero attached hydrogens (tertiary/aromatic N) is 5. The predicted octanol–water partition coefficient (Wildman–Crippen LogP) is 3.16. The van der Waals surface area contributed by atoms with Gasteiger partial charge < -0.3 is 24.6 Å². The quantitative estimate of drug-likeness (QED) is 0.349. The number of fused-ring (bicyclic) bond motifs is 1. The van der Waals surface area contributed by atoms with Crippen LogP contribution in [0, 0.1) is 13.8 Å². The highest BCUT2D eigenvalue weighted by atomic mass is 35.5. The number of halogens is 1. The second kappa shape index (κ2) is 13.6. The van der Waals surface area contributed by atoms with Gasteiger partial charge in [-0.3, -0.25) is 4.79 Å². The summed E-state index contributed by atoms with van der Waals surface area (Å²) in [6.45, 7) is 13.9. The molecule has 0 atom stereocenters. The van der Waals surface area contributed by atoms with Crippen LogP contribution in [0.4, 0.5) is 4.79 Å². The topological polar surface area (TPSA) is 142 Å². The van der Waals surface area contributed by atoms with Crippen molar-refractivity contribution in [3.63, 3.8) is 0 Å². The van der Waals surface area contributed by atoms with Gasteiger partial charge in [0.25, 0.3) is 0 Å². The summed E-state index contributed by atoms with van der Waals surface area (Å²) in [5.41, 5.74) is 3.07. The number of amides is 1. The van der Waals surface area contributed by atoms with Crippen LogP contribution in [-0.4, -0.2) is 69.8 Å². The molecule has 1 aromatic carbocycles. The van der Waals surface area contributed by atoms with Gasteiger partial charge in [0.1, 0.15) is 13.2 Å². The molecule has 2 N–H and O–H groups in total. The normalized spacial score (nSPS) is 11.8. The Morgan fingerprint density at radius 1 is 1.12 bits per heavy atom. The van der Waals surface area contributed by atoms with Crippen LogP contribution in [-0.2, 0) is 12.0 Å². The van der Waals surface area contributed by atoms with E-state index in [0.29, 0.717) is 47.0 Å². The zero-order chi connectivity index (χ0) is 28.9. The number of rotatable bonds is 10. The first kappa shape index (κ1) is 32.6. The predicted molar refractivity (Wildman–Crippen MR) is 152 cm³/mol. The molecule has 0 saturated heterocycles. The Hall–Kier alpha value is -3.64. The van der Waals surface area contributed by atoms with Crippen molar-refractivity contribution in [3.05, 3.63) is 40.0 Å². The average Bonchev–Trinajstić information content (AvgIpc) is 3.21. The van der Waals surface area contributed by atoms with Crippen molar-refractivity contribution in [3.8, 4) is 17.4 Å².